The molecule has 0 unspecified atom stereocenters. The van der Waals surface area contributed by atoms with Crippen LogP contribution in [0.1, 0.15) is 12.8 Å². The lowest BCUT2D eigenvalue weighted by molar-refractivity contribution is 0.479. The second-order valence-corrected chi connectivity index (χ2v) is 4.98. The summed E-state index contributed by atoms with van der Waals surface area (Å²) in [6.45, 7) is 1.96. The molecular weight excluding hydrogens is 275 g/mol. The van der Waals surface area contributed by atoms with Gasteiger partial charge in [0, 0.05) is 12.6 Å². The Kier molecular flexibility index (Phi) is 3.23. The third-order valence-corrected chi connectivity index (χ3v) is 3.42. The van der Waals surface area contributed by atoms with Gasteiger partial charge in [-0.05, 0) is 31.0 Å². The highest BCUT2D eigenvalue weighted by Crippen LogP contribution is 2.27. The zero-order valence-corrected chi connectivity index (χ0v) is 11.0. The van der Waals surface area contributed by atoms with E-state index in [1.807, 2.05) is 0 Å². The Morgan fingerprint density at radius 2 is 2.17 bits per heavy atom. The number of fused-ring (bicyclic) bond motifs is 1. The van der Waals surface area contributed by atoms with E-state index in [4.69, 9.17) is 23.2 Å². The number of piperidine rings is 1. The molecule has 3 N–H and O–H groups in total. The van der Waals surface area contributed by atoms with Crippen LogP contribution in [0.5, 0.6) is 0 Å². The zero-order valence-electron chi connectivity index (χ0n) is 9.50. The first-order valence-electron chi connectivity index (χ1n) is 5.78. The molecule has 0 aromatic carbocycles. The van der Waals surface area contributed by atoms with Gasteiger partial charge in [-0.15, -0.1) is 0 Å². The van der Waals surface area contributed by atoms with Crippen molar-refractivity contribution in [1.82, 2.24) is 25.5 Å². The fourth-order valence-corrected chi connectivity index (χ4v) is 2.52. The van der Waals surface area contributed by atoms with Gasteiger partial charge < -0.3 is 10.6 Å². The molecule has 18 heavy (non-hydrogen) atoms. The van der Waals surface area contributed by atoms with Gasteiger partial charge in [-0.1, -0.05) is 11.6 Å². The van der Waals surface area contributed by atoms with Crippen LogP contribution >= 0.6 is 23.2 Å². The van der Waals surface area contributed by atoms with Crippen LogP contribution in [0.2, 0.25) is 10.4 Å². The third-order valence-electron chi connectivity index (χ3n) is 2.98. The van der Waals surface area contributed by atoms with E-state index in [-0.39, 0.29) is 5.28 Å². The molecule has 8 heteroatoms. The summed E-state index contributed by atoms with van der Waals surface area (Å²) in [5.41, 5.74) is 0.478. The molecule has 2 aromatic heterocycles. The van der Waals surface area contributed by atoms with E-state index in [9.17, 15) is 0 Å². The number of anilines is 1. The minimum Gasteiger partial charge on any atom is -0.365 e. The second kappa shape index (κ2) is 4.87. The number of hydrogen-bond donors (Lipinski definition) is 3. The monoisotopic (exact) mass is 286 g/mol. The molecule has 0 amide bonds. The number of hydrogen-bond acceptors (Lipinski definition) is 5. The van der Waals surface area contributed by atoms with Crippen molar-refractivity contribution in [1.29, 1.82) is 0 Å². The average Bonchev–Trinajstić information content (AvgIpc) is 2.72. The molecule has 0 radical (unpaired) electrons. The third kappa shape index (κ3) is 2.23. The van der Waals surface area contributed by atoms with Crippen LogP contribution in [-0.2, 0) is 0 Å². The molecule has 6 nitrogen and oxygen atoms in total. The van der Waals surface area contributed by atoms with Crippen molar-refractivity contribution < 1.29 is 0 Å². The van der Waals surface area contributed by atoms with Crippen molar-refractivity contribution in [3.8, 4) is 0 Å². The van der Waals surface area contributed by atoms with Crippen LogP contribution in [0, 0.1) is 0 Å². The molecule has 1 fully saturated rings. The molecule has 3 rings (SSSR count). The maximum Gasteiger partial charge on any atom is 0.226 e. The van der Waals surface area contributed by atoms with Crippen molar-refractivity contribution in [2.24, 2.45) is 0 Å². The highest BCUT2D eigenvalue weighted by Gasteiger charge is 2.18. The maximum absolute atomic E-state index is 6.05. The van der Waals surface area contributed by atoms with Gasteiger partial charge in [-0.2, -0.15) is 15.1 Å². The summed E-state index contributed by atoms with van der Waals surface area (Å²) in [6.07, 6.45) is 2.23. The van der Waals surface area contributed by atoms with Gasteiger partial charge in [-0.3, -0.25) is 5.10 Å². The maximum atomic E-state index is 6.05. The summed E-state index contributed by atoms with van der Waals surface area (Å²) in [6, 6.07) is 0.318. The van der Waals surface area contributed by atoms with Gasteiger partial charge in [0.15, 0.2) is 5.65 Å². The largest absolute Gasteiger partial charge is 0.365 e. The molecule has 0 aliphatic carbocycles. The van der Waals surface area contributed by atoms with Crippen LogP contribution in [0.15, 0.2) is 0 Å². The summed E-state index contributed by atoms with van der Waals surface area (Å²) in [5, 5.41) is 14.6. The molecule has 1 aliphatic heterocycles. The second-order valence-electron chi connectivity index (χ2n) is 4.27. The number of H-pyrrole nitrogens is 1. The number of aromatic nitrogens is 4. The van der Waals surface area contributed by atoms with Gasteiger partial charge in [0.05, 0.1) is 0 Å². The highest BCUT2D eigenvalue weighted by molar-refractivity contribution is 6.35. The van der Waals surface area contributed by atoms with E-state index >= 15 is 0 Å². The molecule has 1 aliphatic rings. The molecule has 3 heterocycles. The summed E-state index contributed by atoms with van der Waals surface area (Å²) in [4.78, 5) is 8.22. The predicted molar refractivity (Wildman–Crippen MR) is 71.2 cm³/mol. The molecule has 1 atom stereocenters. The lowest BCUT2D eigenvalue weighted by Gasteiger charge is -2.24. The Morgan fingerprint density at radius 1 is 1.28 bits per heavy atom. The first-order valence-corrected chi connectivity index (χ1v) is 6.54. The van der Waals surface area contributed by atoms with Crippen molar-refractivity contribution >= 4 is 40.1 Å². The Balaban J connectivity index is 1.96. The molecule has 2 aromatic rings. The zero-order chi connectivity index (χ0) is 12.5. The Hall–Kier alpha value is -1.11. The van der Waals surface area contributed by atoms with Crippen LogP contribution in [-0.4, -0.2) is 39.3 Å². The minimum atomic E-state index is 0.164. The summed E-state index contributed by atoms with van der Waals surface area (Å²) in [5.74, 6) is 0.637. The van der Waals surface area contributed by atoms with E-state index in [0.717, 1.165) is 25.9 Å². The minimum absolute atomic E-state index is 0.164. The molecule has 1 saturated heterocycles. The van der Waals surface area contributed by atoms with Gasteiger partial charge in [0.25, 0.3) is 0 Å². The predicted octanol–water partition coefficient (Wildman–Crippen LogP) is 1.82. The van der Waals surface area contributed by atoms with Gasteiger partial charge >= 0.3 is 0 Å². The van der Waals surface area contributed by atoms with Crippen LogP contribution in [0.4, 0.5) is 5.82 Å². The Bertz CT molecular complexity index is 563. The van der Waals surface area contributed by atoms with Gasteiger partial charge in [0.2, 0.25) is 5.28 Å². The van der Waals surface area contributed by atoms with Gasteiger partial charge in [0.1, 0.15) is 16.4 Å². The van der Waals surface area contributed by atoms with Crippen LogP contribution < -0.4 is 10.6 Å². The molecule has 96 valence electrons. The molecule has 0 bridgehead atoms. The van der Waals surface area contributed by atoms with E-state index in [1.165, 1.54) is 0 Å². The highest BCUT2D eigenvalue weighted by atomic mass is 35.5. The van der Waals surface area contributed by atoms with Crippen LogP contribution in [0.25, 0.3) is 11.0 Å². The lowest BCUT2D eigenvalue weighted by Crippen LogP contribution is -2.38. The molecular formula is C10H12Cl2N6. The first-order chi connectivity index (χ1) is 8.74. The molecule has 0 saturated carbocycles. The Morgan fingerprint density at radius 3 is 2.94 bits per heavy atom. The van der Waals surface area contributed by atoms with Crippen molar-refractivity contribution in [3.63, 3.8) is 0 Å². The number of nitrogens with one attached hydrogen (secondary N) is 3. The molecule has 0 spiro atoms. The van der Waals surface area contributed by atoms with Crippen molar-refractivity contribution in [2.75, 3.05) is 18.4 Å². The topological polar surface area (TPSA) is 78.5 Å². The van der Waals surface area contributed by atoms with E-state index in [1.54, 1.807) is 0 Å². The summed E-state index contributed by atoms with van der Waals surface area (Å²) < 4.78 is 0. The number of nitrogens with zero attached hydrogens (tertiary/aromatic N) is 3. The van der Waals surface area contributed by atoms with Gasteiger partial charge in [-0.25, -0.2) is 0 Å². The summed E-state index contributed by atoms with van der Waals surface area (Å²) in [7, 11) is 0. The standard InChI is InChI=1S/C10H12Cl2N6/c11-7-6-8(14-5-2-1-3-13-4-5)15-10(12)16-9(6)18-17-7/h5,13H,1-4H2,(H2,14,15,16,17,18)/t5-/m1/s1. The summed E-state index contributed by atoms with van der Waals surface area (Å²) >= 11 is 11.9. The quantitative estimate of drug-likeness (QED) is 0.734. The smallest absolute Gasteiger partial charge is 0.226 e. The Labute approximate surface area is 113 Å². The average molecular weight is 287 g/mol. The number of aromatic amines is 1. The fourth-order valence-electron chi connectivity index (χ4n) is 2.14. The normalized spacial score (nSPS) is 20.2. The number of rotatable bonds is 2. The SMILES string of the molecule is Clc1nc(N[C@@H]2CCCNC2)c2c(Cl)[nH]nc2n1. The number of halogens is 2. The lowest BCUT2D eigenvalue weighted by atomic mass is 10.1. The van der Waals surface area contributed by atoms with Crippen molar-refractivity contribution in [3.05, 3.63) is 10.4 Å². The fraction of sp³-hybridized carbons (Fsp3) is 0.500. The van der Waals surface area contributed by atoms with E-state index < -0.39 is 0 Å². The van der Waals surface area contributed by atoms with E-state index in [0.29, 0.717) is 28.0 Å². The van der Waals surface area contributed by atoms with Crippen molar-refractivity contribution in [2.45, 2.75) is 18.9 Å². The van der Waals surface area contributed by atoms with Crippen LogP contribution in [0.3, 0.4) is 0 Å². The first kappa shape index (κ1) is 12.0. The van der Waals surface area contributed by atoms with E-state index in [2.05, 4.69) is 30.8 Å².